The third-order valence-corrected chi connectivity index (χ3v) is 3.57. The molecule has 0 saturated carbocycles. The van der Waals surface area contributed by atoms with Crippen LogP contribution in [0.15, 0.2) is 30.5 Å². The van der Waals surface area contributed by atoms with Gasteiger partial charge >= 0.3 is 6.18 Å². The summed E-state index contributed by atoms with van der Waals surface area (Å²) in [4.78, 5) is 19.9. The number of anilines is 1. The van der Waals surface area contributed by atoms with E-state index in [1.165, 1.54) is 24.3 Å². The summed E-state index contributed by atoms with van der Waals surface area (Å²) < 4.78 is 51.0. The van der Waals surface area contributed by atoms with Crippen molar-refractivity contribution in [1.29, 1.82) is 0 Å². The number of amides is 1. The van der Waals surface area contributed by atoms with Crippen LogP contribution in [0.25, 0.3) is 11.4 Å². The molecule has 150 valence electrons. The molecule has 0 aliphatic rings. The standard InChI is InChI=1S/C17H18F4N4O2.2H2/c1-9(2)13(16(27)23-8-17(19,20)21)24-15-12(18)7-22-14(25-15)10-3-5-11(26)6-4-10;;/h3-7,9,13,26H,8H2,1-2H3,(H,23,27)(H,22,24,25);2*1H/t13-;;/m1../s1. The van der Waals surface area contributed by atoms with Gasteiger partial charge in [-0.2, -0.15) is 13.2 Å². The van der Waals surface area contributed by atoms with E-state index in [2.05, 4.69) is 15.3 Å². The first-order valence-electron chi connectivity index (χ1n) is 8.00. The number of aromatic hydroxyl groups is 1. The lowest BCUT2D eigenvalue weighted by Crippen LogP contribution is -2.46. The lowest BCUT2D eigenvalue weighted by Gasteiger charge is -2.23. The highest BCUT2D eigenvalue weighted by Crippen LogP contribution is 2.22. The average Bonchev–Trinajstić information content (AvgIpc) is 2.59. The number of benzene rings is 1. The van der Waals surface area contributed by atoms with Gasteiger partial charge in [0.05, 0.1) is 6.20 Å². The summed E-state index contributed by atoms with van der Waals surface area (Å²) in [6.07, 6.45) is -3.66. The maximum atomic E-state index is 14.1. The third kappa shape index (κ3) is 5.80. The Labute approximate surface area is 155 Å². The van der Waals surface area contributed by atoms with E-state index in [0.717, 1.165) is 6.20 Å². The second-order valence-corrected chi connectivity index (χ2v) is 6.14. The minimum absolute atomic E-state index is 0. The summed E-state index contributed by atoms with van der Waals surface area (Å²) in [7, 11) is 0. The van der Waals surface area contributed by atoms with Crippen LogP contribution in [0.2, 0.25) is 0 Å². The van der Waals surface area contributed by atoms with Gasteiger partial charge in [-0.1, -0.05) is 13.8 Å². The van der Waals surface area contributed by atoms with Gasteiger partial charge in [-0.15, -0.1) is 0 Å². The summed E-state index contributed by atoms with van der Waals surface area (Å²) >= 11 is 0. The van der Waals surface area contributed by atoms with Crippen molar-refractivity contribution >= 4 is 11.7 Å². The van der Waals surface area contributed by atoms with Crippen LogP contribution < -0.4 is 10.6 Å². The molecular weight excluding hydrogens is 368 g/mol. The molecule has 1 amide bonds. The lowest BCUT2D eigenvalue weighted by atomic mass is 10.0. The van der Waals surface area contributed by atoms with Gasteiger partial charge in [0.15, 0.2) is 17.5 Å². The molecule has 1 atom stereocenters. The minimum Gasteiger partial charge on any atom is -0.508 e. The zero-order valence-electron chi connectivity index (χ0n) is 14.5. The minimum atomic E-state index is -4.55. The molecule has 1 aromatic heterocycles. The summed E-state index contributed by atoms with van der Waals surface area (Å²) in [6.45, 7) is 1.72. The molecular formula is C17H22F4N4O2. The van der Waals surface area contributed by atoms with Gasteiger partial charge < -0.3 is 15.7 Å². The molecule has 0 bridgehead atoms. The number of hydrogen-bond acceptors (Lipinski definition) is 5. The van der Waals surface area contributed by atoms with E-state index in [1.54, 1.807) is 19.2 Å². The summed E-state index contributed by atoms with van der Waals surface area (Å²) in [5.41, 5.74) is 0.485. The van der Waals surface area contributed by atoms with Crippen molar-refractivity contribution in [3.63, 3.8) is 0 Å². The number of carbonyl (C=O) groups is 1. The molecule has 27 heavy (non-hydrogen) atoms. The number of alkyl halides is 3. The Morgan fingerprint density at radius 1 is 1.26 bits per heavy atom. The van der Waals surface area contributed by atoms with Gasteiger partial charge in [-0.25, -0.2) is 14.4 Å². The van der Waals surface area contributed by atoms with Crippen molar-refractivity contribution in [3.8, 4) is 17.1 Å². The third-order valence-electron chi connectivity index (χ3n) is 3.57. The van der Waals surface area contributed by atoms with E-state index >= 15 is 0 Å². The number of nitrogens with zero attached hydrogens (tertiary/aromatic N) is 2. The van der Waals surface area contributed by atoms with Gasteiger partial charge in [-0.3, -0.25) is 4.79 Å². The first kappa shape index (κ1) is 20.4. The number of rotatable bonds is 6. The van der Waals surface area contributed by atoms with Crippen LogP contribution in [-0.4, -0.2) is 39.7 Å². The van der Waals surface area contributed by atoms with Crippen LogP contribution >= 0.6 is 0 Å². The van der Waals surface area contributed by atoms with Gasteiger partial charge in [0.1, 0.15) is 18.3 Å². The quantitative estimate of drug-likeness (QED) is 0.656. The molecule has 0 saturated heterocycles. The maximum absolute atomic E-state index is 14.1. The highest BCUT2D eigenvalue weighted by molar-refractivity contribution is 5.84. The van der Waals surface area contributed by atoms with Crippen LogP contribution in [0.4, 0.5) is 23.4 Å². The smallest absolute Gasteiger partial charge is 0.405 e. The van der Waals surface area contributed by atoms with Crippen molar-refractivity contribution in [3.05, 3.63) is 36.3 Å². The SMILES string of the molecule is CC(C)[C@@H](Nc1nc(-c2ccc(O)cc2)ncc1F)C(=O)NCC(F)(F)F.[HH].[HH]. The predicted molar refractivity (Wildman–Crippen MR) is 94.6 cm³/mol. The summed E-state index contributed by atoms with van der Waals surface area (Å²) in [5, 5.41) is 13.6. The van der Waals surface area contributed by atoms with Crippen LogP contribution in [-0.2, 0) is 4.79 Å². The van der Waals surface area contributed by atoms with Crippen molar-refractivity contribution < 1.29 is 30.3 Å². The fraction of sp³-hybridized carbons (Fsp3) is 0.353. The number of carbonyl (C=O) groups excluding carboxylic acids is 1. The van der Waals surface area contributed by atoms with Crippen molar-refractivity contribution in [2.75, 3.05) is 11.9 Å². The topological polar surface area (TPSA) is 87.1 Å². The number of halogens is 4. The molecule has 3 N–H and O–H groups in total. The Bertz CT molecular complexity index is 805. The number of nitrogens with one attached hydrogen (secondary N) is 2. The Balaban J connectivity index is 0.00000392. The monoisotopic (exact) mass is 390 g/mol. The summed E-state index contributed by atoms with van der Waals surface area (Å²) in [5.74, 6) is -2.38. The molecule has 6 nitrogen and oxygen atoms in total. The largest absolute Gasteiger partial charge is 0.508 e. The summed E-state index contributed by atoms with van der Waals surface area (Å²) in [6, 6.07) is 4.70. The molecule has 0 radical (unpaired) electrons. The number of phenolic OH excluding ortho intramolecular Hbond substituents is 1. The van der Waals surface area contributed by atoms with Crippen molar-refractivity contribution in [1.82, 2.24) is 15.3 Å². The lowest BCUT2D eigenvalue weighted by molar-refractivity contribution is -0.139. The van der Waals surface area contributed by atoms with Crippen LogP contribution in [0.3, 0.4) is 0 Å². The maximum Gasteiger partial charge on any atom is 0.405 e. The molecule has 1 heterocycles. The van der Waals surface area contributed by atoms with Gasteiger partial charge in [0.2, 0.25) is 5.91 Å². The van der Waals surface area contributed by atoms with Crippen LogP contribution in [0, 0.1) is 11.7 Å². The molecule has 1 aromatic carbocycles. The van der Waals surface area contributed by atoms with Crippen LogP contribution in [0.5, 0.6) is 5.75 Å². The van der Waals surface area contributed by atoms with E-state index in [4.69, 9.17) is 0 Å². The zero-order valence-corrected chi connectivity index (χ0v) is 14.5. The molecule has 0 unspecified atom stereocenters. The number of hydrogen-bond donors (Lipinski definition) is 3. The van der Waals surface area contributed by atoms with E-state index in [-0.39, 0.29) is 20.2 Å². The Morgan fingerprint density at radius 3 is 2.44 bits per heavy atom. The van der Waals surface area contributed by atoms with Gasteiger partial charge in [-0.05, 0) is 30.2 Å². The Kier molecular flexibility index (Phi) is 6.19. The number of phenols is 1. The fourth-order valence-corrected chi connectivity index (χ4v) is 2.20. The first-order valence-corrected chi connectivity index (χ1v) is 8.00. The molecule has 0 spiro atoms. The zero-order chi connectivity index (χ0) is 20.2. The normalized spacial score (nSPS) is 12.7. The van der Waals surface area contributed by atoms with E-state index in [0.29, 0.717) is 5.56 Å². The molecule has 10 heteroatoms. The first-order chi connectivity index (χ1) is 12.6. The van der Waals surface area contributed by atoms with E-state index in [1.807, 2.05) is 0 Å². The fourth-order valence-electron chi connectivity index (χ4n) is 2.20. The highest BCUT2D eigenvalue weighted by atomic mass is 19.4. The molecule has 2 rings (SSSR count). The van der Waals surface area contributed by atoms with E-state index < -0.39 is 36.4 Å². The van der Waals surface area contributed by atoms with Gasteiger partial charge in [0, 0.05) is 8.42 Å². The average molecular weight is 390 g/mol. The molecule has 0 aliphatic carbocycles. The van der Waals surface area contributed by atoms with Crippen molar-refractivity contribution in [2.45, 2.75) is 26.1 Å². The second-order valence-electron chi connectivity index (χ2n) is 6.14. The predicted octanol–water partition coefficient (Wildman–Crippen LogP) is 3.60. The number of aromatic nitrogens is 2. The molecule has 0 aliphatic heterocycles. The molecule has 2 aromatic rings. The second kappa shape index (κ2) is 8.19. The Morgan fingerprint density at radius 2 is 1.89 bits per heavy atom. The van der Waals surface area contributed by atoms with E-state index in [9.17, 15) is 27.5 Å². The van der Waals surface area contributed by atoms with Crippen molar-refractivity contribution in [2.24, 2.45) is 5.92 Å². The molecule has 0 fully saturated rings. The van der Waals surface area contributed by atoms with Crippen LogP contribution in [0.1, 0.15) is 16.7 Å². The Hall–Kier alpha value is -2.91. The van der Waals surface area contributed by atoms with Gasteiger partial charge in [0.25, 0.3) is 0 Å². The highest BCUT2D eigenvalue weighted by Gasteiger charge is 2.31.